The molecule has 5 nitrogen and oxygen atoms in total. The van der Waals surface area contributed by atoms with Crippen LogP contribution in [0.5, 0.6) is 0 Å². The van der Waals surface area contributed by atoms with Crippen LogP contribution in [0.4, 0.5) is 10.5 Å². The van der Waals surface area contributed by atoms with Crippen molar-refractivity contribution in [2.24, 2.45) is 0 Å². The first-order valence-electron chi connectivity index (χ1n) is 11.3. The first kappa shape index (κ1) is 19.6. The molecule has 5 heteroatoms. The number of hydrogen-bond acceptors (Lipinski definition) is 3. The van der Waals surface area contributed by atoms with Gasteiger partial charge in [-0.25, -0.2) is 4.79 Å². The molecule has 2 amide bonds. The summed E-state index contributed by atoms with van der Waals surface area (Å²) in [4.78, 5) is 17.2. The Morgan fingerprint density at radius 1 is 1.21 bits per heavy atom. The number of carbonyl (C=O) groups is 1. The minimum absolute atomic E-state index is 0.0900. The summed E-state index contributed by atoms with van der Waals surface area (Å²) in [5.41, 5.74) is 4.42. The molecule has 28 heavy (non-hydrogen) atoms. The molecule has 0 spiro atoms. The number of carbonyl (C=O) groups excluding carboxylic acids is 1. The van der Waals surface area contributed by atoms with Gasteiger partial charge in [0, 0.05) is 55.3 Å². The Kier molecular flexibility index (Phi) is 5.55. The topological polar surface area (TPSA) is 47.6 Å². The van der Waals surface area contributed by atoms with Crippen LogP contribution in [0.25, 0.3) is 0 Å². The zero-order valence-electron chi connectivity index (χ0n) is 17.9. The minimum atomic E-state index is 0.0900. The van der Waals surface area contributed by atoms with Gasteiger partial charge in [-0.2, -0.15) is 0 Å². The molecule has 1 aliphatic carbocycles. The maximum Gasteiger partial charge on any atom is 0.317 e. The molecule has 5 atom stereocenters. The maximum absolute atomic E-state index is 12.7. The molecule has 0 aromatic heterocycles. The predicted octanol–water partition coefficient (Wildman–Crippen LogP) is 3.98. The van der Waals surface area contributed by atoms with E-state index in [1.54, 1.807) is 5.56 Å². The standard InChI is InChI=1S/C23H36N4O/c1-5-11-27-14-16(25-23(28)26(6-2)7-3)12-19-17-9-8-10-20-22(17)18(13-21(19)27)15(4)24-20/h8-10,15-16,18-19,21,24H,5-7,11-14H2,1-4H3,(H,25,28)/t15?,16-,18+,19+,21+/m0/s1. The maximum atomic E-state index is 12.7. The number of benzene rings is 1. The van der Waals surface area contributed by atoms with Gasteiger partial charge in [-0.05, 0) is 63.8 Å². The van der Waals surface area contributed by atoms with Crippen molar-refractivity contribution in [1.82, 2.24) is 15.1 Å². The molecular formula is C23H36N4O. The Morgan fingerprint density at radius 3 is 2.71 bits per heavy atom. The minimum Gasteiger partial charge on any atom is -0.382 e. The van der Waals surface area contributed by atoms with E-state index in [0.29, 0.717) is 23.9 Å². The van der Waals surface area contributed by atoms with Gasteiger partial charge in [0.2, 0.25) is 0 Å². The van der Waals surface area contributed by atoms with Crippen molar-refractivity contribution in [3.8, 4) is 0 Å². The molecule has 0 saturated carbocycles. The Morgan fingerprint density at radius 2 is 2.00 bits per heavy atom. The number of fused-ring (bicyclic) bond motifs is 2. The number of hydrogen-bond donors (Lipinski definition) is 2. The summed E-state index contributed by atoms with van der Waals surface area (Å²) >= 11 is 0. The molecule has 1 unspecified atom stereocenters. The van der Waals surface area contributed by atoms with Crippen LogP contribution >= 0.6 is 0 Å². The number of likely N-dealkylation sites (tertiary alicyclic amines) is 1. The average molecular weight is 385 g/mol. The van der Waals surface area contributed by atoms with Crippen molar-refractivity contribution in [3.05, 3.63) is 29.3 Å². The molecule has 1 aromatic carbocycles. The molecule has 1 aromatic rings. The quantitative estimate of drug-likeness (QED) is 0.807. The number of anilines is 1. The van der Waals surface area contributed by atoms with Gasteiger partial charge in [-0.1, -0.05) is 19.1 Å². The molecular weight excluding hydrogens is 348 g/mol. The normalized spacial score (nSPS) is 30.9. The second-order valence-electron chi connectivity index (χ2n) is 8.81. The fourth-order valence-electron chi connectivity index (χ4n) is 5.91. The monoisotopic (exact) mass is 384 g/mol. The summed E-state index contributed by atoms with van der Waals surface area (Å²) in [6.45, 7) is 12.3. The van der Waals surface area contributed by atoms with Crippen molar-refractivity contribution in [1.29, 1.82) is 0 Å². The molecule has 2 heterocycles. The lowest BCUT2D eigenvalue weighted by Gasteiger charge is -2.49. The predicted molar refractivity (Wildman–Crippen MR) is 115 cm³/mol. The highest BCUT2D eigenvalue weighted by molar-refractivity contribution is 5.74. The van der Waals surface area contributed by atoms with Crippen molar-refractivity contribution in [2.45, 2.75) is 76.9 Å². The molecule has 0 bridgehead atoms. The van der Waals surface area contributed by atoms with Crippen LogP contribution in [-0.4, -0.2) is 60.1 Å². The third-order valence-corrected chi connectivity index (χ3v) is 7.21. The summed E-state index contributed by atoms with van der Waals surface area (Å²) in [6, 6.07) is 8.22. The van der Waals surface area contributed by atoms with E-state index in [4.69, 9.17) is 0 Å². The number of urea groups is 1. The van der Waals surface area contributed by atoms with Gasteiger partial charge in [-0.3, -0.25) is 4.90 Å². The van der Waals surface area contributed by atoms with Crippen LogP contribution in [0.3, 0.4) is 0 Å². The second-order valence-corrected chi connectivity index (χ2v) is 8.81. The number of nitrogens with zero attached hydrogens (tertiary/aromatic N) is 2. The highest BCUT2D eigenvalue weighted by Crippen LogP contribution is 2.52. The van der Waals surface area contributed by atoms with Gasteiger partial charge in [0.05, 0.1) is 0 Å². The lowest BCUT2D eigenvalue weighted by Crippen LogP contribution is -2.58. The summed E-state index contributed by atoms with van der Waals surface area (Å²) in [7, 11) is 0. The SMILES string of the molecule is CCCN1C[C@@H](NC(=O)N(CC)CC)C[C@@H]2c3cccc4c3[C@H](C[C@H]21)C(C)N4. The third-order valence-electron chi connectivity index (χ3n) is 7.21. The van der Waals surface area contributed by atoms with E-state index in [9.17, 15) is 4.79 Å². The van der Waals surface area contributed by atoms with Crippen molar-refractivity contribution < 1.29 is 4.79 Å². The van der Waals surface area contributed by atoms with Gasteiger partial charge in [0.1, 0.15) is 0 Å². The van der Waals surface area contributed by atoms with E-state index in [1.807, 2.05) is 18.7 Å². The average Bonchev–Trinajstić information content (AvgIpc) is 3.00. The first-order chi connectivity index (χ1) is 13.6. The van der Waals surface area contributed by atoms with Gasteiger partial charge >= 0.3 is 6.03 Å². The lowest BCUT2D eigenvalue weighted by molar-refractivity contribution is 0.0818. The molecule has 3 aliphatic rings. The number of rotatable bonds is 5. The number of piperidine rings is 1. The van der Waals surface area contributed by atoms with E-state index in [2.05, 4.69) is 47.6 Å². The molecule has 2 N–H and O–H groups in total. The van der Waals surface area contributed by atoms with Crippen molar-refractivity contribution >= 4 is 11.7 Å². The number of nitrogens with one attached hydrogen (secondary N) is 2. The summed E-state index contributed by atoms with van der Waals surface area (Å²) in [5.74, 6) is 1.13. The van der Waals surface area contributed by atoms with Crippen LogP contribution in [0.2, 0.25) is 0 Å². The lowest BCUT2D eigenvalue weighted by atomic mass is 9.68. The molecule has 154 valence electrons. The van der Waals surface area contributed by atoms with E-state index < -0.39 is 0 Å². The summed E-state index contributed by atoms with van der Waals surface area (Å²) in [6.07, 6.45) is 3.44. The summed E-state index contributed by atoms with van der Waals surface area (Å²) < 4.78 is 0. The second kappa shape index (κ2) is 7.94. The van der Waals surface area contributed by atoms with Gasteiger partial charge in [0.15, 0.2) is 0 Å². The van der Waals surface area contributed by atoms with Crippen LogP contribution in [0.1, 0.15) is 69.9 Å². The Bertz CT molecular complexity index is 717. The van der Waals surface area contributed by atoms with E-state index in [1.165, 1.54) is 17.7 Å². The zero-order chi connectivity index (χ0) is 19.8. The van der Waals surface area contributed by atoms with Crippen molar-refractivity contribution in [3.63, 3.8) is 0 Å². The third kappa shape index (κ3) is 3.28. The number of amides is 2. The van der Waals surface area contributed by atoms with Crippen molar-refractivity contribution in [2.75, 3.05) is 31.5 Å². The van der Waals surface area contributed by atoms with Crippen LogP contribution in [0.15, 0.2) is 18.2 Å². The Labute approximate surface area is 169 Å². The van der Waals surface area contributed by atoms with Gasteiger partial charge in [0.25, 0.3) is 0 Å². The zero-order valence-corrected chi connectivity index (χ0v) is 17.9. The molecule has 1 fully saturated rings. The fourth-order valence-corrected chi connectivity index (χ4v) is 5.91. The molecule has 2 aliphatic heterocycles. The highest BCUT2D eigenvalue weighted by atomic mass is 16.2. The summed E-state index contributed by atoms with van der Waals surface area (Å²) in [5, 5.41) is 7.07. The fraction of sp³-hybridized carbons (Fsp3) is 0.696. The first-order valence-corrected chi connectivity index (χ1v) is 11.3. The largest absolute Gasteiger partial charge is 0.382 e. The Balaban J connectivity index is 1.61. The van der Waals surface area contributed by atoms with Crippen LogP contribution in [-0.2, 0) is 0 Å². The van der Waals surface area contributed by atoms with Gasteiger partial charge in [-0.15, -0.1) is 0 Å². The van der Waals surface area contributed by atoms with Crippen LogP contribution < -0.4 is 10.6 Å². The van der Waals surface area contributed by atoms with E-state index in [0.717, 1.165) is 39.0 Å². The van der Waals surface area contributed by atoms with E-state index in [-0.39, 0.29) is 12.1 Å². The molecule has 4 rings (SSSR count). The Hall–Kier alpha value is -1.75. The van der Waals surface area contributed by atoms with E-state index >= 15 is 0 Å². The molecule has 1 saturated heterocycles. The van der Waals surface area contributed by atoms with Gasteiger partial charge < -0.3 is 15.5 Å². The smallest absolute Gasteiger partial charge is 0.317 e. The highest BCUT2D eigenvalue weighted by Gasteiger charge is 2.46. The van der Waals surface area contributed by atoms with Crippen LogP contribution in [0, 0.1) is 0 Å². The molecule has 0 radical (unpaired) electrons.